The highest BCUT2D eigenvalue weighted by atomic mass is 15.2. The van der Waals surface area contributed by atoms with E-state index in [1.807, 2.05) is 12.3 Å². The molecule has 0 amide bonds. The van der Waals surface area contributed by atoms with Gasteiger partial charge in [0, 0.05) is 18.8 Å². The maximum Gasteiger partial charge on any atom is 0.139 e. The van der Waals surface area contributed by atoms with Crippen molar-refractivity contribution >= 4 is 5.82 Å². The van der Waals surface area contributed by atoms with Gasteiger partial charge in [0.05, 0.1) is 0 Å². The third-order valence-electron chi connectivity index (χ3n) is 2.83. The highest BCUT2D eigenvalue weighted by Crippen LogP contribution is 2.27. The molecule has 0 atom stereocenters. The number of hydrogen-bond acceptors (Lipinski definition) is 4. The highest BCUT2D eigenvalue weighted by Gasteiger charge is 2.27. The largest absolute Gasteiger partial charge is 0.308 e. The Hall–Kier alpha value is -1.13. The van der Waals surface area contributed by atoms with Crippen molar-refractivity contribution in [3.05, 3.63) is 23.9 Å². The molecule has 1 aliphatic rings. The van der Waals surface area contributed by atoms with Gasteiger partial charge in [-0.3, -0.25) is 4.90 Å². The second-order valence-electron chi connectivity index (χ2n) is 3.99. The number of hydrazine groups is 1. The molecule has 1 saturated carbocycles. The zero-order valence-electron chi connectivity index (χ0n) is 9.11. The van der Waals surface area contributed by atoms with Crippen molar-refractivity contribution in [2.75, 3.05) is 12.0 Å². The van der Waals surface area contributed by atoms with E-state index in [-0.39, 0.29) is 0 Å². The van der Waals surface area contributed by atoms with Crippen LogP contribution in [-0.2, 0) is 6.54 Å². The molecule has 1 aromatic rings. The van der Waals surface area contributed by atoms with E-state index in [1.165, 1.54) is 18.4 Å². The Kier molecular flexibility index (Phi) is 3.18. The Balaban J connectivity index is 1.96. The summed E-state index contributed by atoms with van der Waals surface area (Å²) >= 11 is 0. The minimum Gasteiger partial charge on any atom is -0.308 e. The molecule has 0 aromatic carbocycles. The Labute approximate surface area is 90.5 Å². The van der Waals surface area contributed by atoms with Crippen LogP contribution in [0.5, 0.6) is 0 Å². The molecule has 15 heavy (non-hydrogen) atoms. The number of nitrogen functional groups attached to an aromatic ring is 1. The van der Waals surface area contributed by atoms with Crippen molar-refractivity contribution in [3.8, 4) is 0 Å². The van der Waals surface area contributed by atoms with Crippen LogP contribution in [0.2, 0.25) is 0 Å². The van der Waals surface area contributed by atoms with E-state index in [0.717, 1.165) is 19.1 Å². The van der Waals surface area contributed by atoms with E-state index in [2.05, 4.69) is 28.3 Å². The lowest BCUT2D eigenvalue weighted by atomic mass is 10.2. The van der Waals surface area contributed by atoms with Crippen LogP contribution in [0.1, 0.15) is 25.3 Å². The normalized spacial score (nSPS) is 15.7. The van der Waals surface area contributed by atoms with E-state index in [0.29, 0.717) is 5.82 Å². The quantitative estimate of drug-likeness (QED) is 0.564. The molecule has 82 valence electrons. The van der Waals surface area contributed by atoms with Crippen LogP contribution in [-0.4, -0.2) is 22.5 Å². The van der Waals surface area contributed by atoms with E-state index >= 15 is 0 Å². The highest BCUT2D eigenvalue weighted by molar-refractivity contribution is 5.33. The van der Waals surface area contributed by atoms with E-state index in [9.17, 15) is 0 Å². The summed E-state index contributed by atoms with van der Waals surface area (Å²) in [7, 11) is 0. The molecule has 1 heterocycles. The lowest BCUT2D eigenvalue weighted by molar-refractivity contribution is 0.269. The van der Waals surface area contributed by atoms with Crippen molar-refractivity contribution in [1.82, 2.24) is 9.88 Å². The topological polar surface area (TPSA) is 54.2 Å². The summed E-state index contributed by atoms with van der Waals surface area (Å²) in [6, 6.07) is 4.80. The van der Waals surface area contributed by atoms with Gasteiger partial charge < -0.3 is 5.43 Å². The van der Waals surface area contributed by atoms with Crippen LogP contribution in [0.25, 0.3) is 0 Å². The number of nitrogens with zero attached hydrogens (tertiary/aromatic N) is 2. The summed E-state index contributed by atoms with van der Waals surface area (Å²) in [6.45, 7) is 4.32. The molecule has 1 aromatic heterocycles. The molecule has 1 aliphatic carbocycles. The number of nitrogens with one attached hydrogen (secondary N) is 1. The second-order valence-corrected chi connectivity index (χ2v) is 3.99. The number of rotatable bonds is 5. The van der Waals surface area contributed by atoms with Gasteiger partial charge in [0.15, 0.2) is 0 Å². The molecule has 0 spiro atoms. The number of hydrogen-bond donors (Lipinski definition) is 2. The van der Waals surface area contributed by atoms with Crippen molar-refractivity contribution in [1.29, 1.82) is 0 Å². The molecule has 3 N–H and O–H groups in total. The summed E-state index contributed by atoms with van der Waals surface area (Å²) < 4.78 is 0. The Bertz CT molecular complexity index is 305. The first kappa shape index (κ1) is 10.4. The molecule has 2 rings (SSSR count). The van der Waals surface area contributed by atoms with Crippen LogP contribution in [0.15, 0.2) is 18.3 Å². The first-order valence-electron chi connectivity index (χ1n) is 5.49. The van der Waals surface area contributed by atoms with Gasteiger partial charge in [0.25, 0.3) is 0 Å². The molecule has 4 heteroatoms. The van der Waals surface area contributed by atoms with Crippen molar-refractivity contribution in [2.24, 2.45) is 5.84 Å². The lowest BCUT2D eigenvalue weighted by Crippen LogP contribution is -2.25. The molecule has 1 fully saturated rings. The average molecular weight is 206 g/mol. The average Bonchev–Trinajstić information content (AvgIpc) is 3.10. The maximum atomic E-state index is 5.26. The summed E-state index contributed by atoms with van der Waals surface area (Å²) in [5.74, 6) is 5.98. The molecule has 0 bridgehead atoms. The summed E-state index contributed by atoms with van der Waals surface area (Å²) in [4.78, 5) is 6.69. The van der Waals surface area contributed by atoms with Gasteiger partial charge in [0.1, 0.15) is 5.82 Å². The van der Waals surface area contributed by atoms with Crippen molar-refractivity contribution in [3.63, 3.8) is 0 Å². The molecule has 0 radical (unpaired) electrons. The fourth-order valence-corrected chi connectivity index (χ4v) is 1.78. The zero-order valence-corrected chi connectivity index (χ0v) is 9.11. The SMILES string of the molecule is CCN(Cc1ccc(NN)nc1)C1CC1. The molecule has 0 saturated heterocycles. The Morgan fingerprint density at radius 3 is 2.80 bits per heavy atom. The van der Waals surface area contributed by atoms with Gasteiger partial charge in [-0.15, -0.1) is 0 Å². The third kappa shape index (κ3) is 2.67. The maximum absolute atomic E-state index is 5.26. The number of aromatic nitrogens is 1. The van der Waals surface area contributed by atoms with Gasteiger partial charge in [0.2, 0.25) is 0 Å². The number of nitrogens with two attached hydrogens (primary N) is 1. The predicted octanol–water partition coefficient (Wildman–Crippen LogP) is 1.35. The summed E-state index contributed by atoms with van der Waals surface area (Å²) in [5.41, 5.74) is 3.78. The summed E-state index contributed by atoms with van der Waals surface area (Å²) in [5, 5.41) is 0. The van der Waals surface area contributed by atoms with Crippen molar-refractivity contribution in [2.45, 2.75) is 32.4 Å². The number of anilines is 1. The van der Waals surface area contributed by atoms with Gasteiger partial charge >= 0.3 is 0 Å². The fraction of sp³-hybridized carbons (Fsp3) is 0.545. The Morgan fingerprint density at radius 2 is 2.33 bits per heavy atom. The van der Waals surface area contributed by atoms with Gasteiger partial charge in [-0.1, -0.05) is 13.0 Å². The van der Waals surface area contributed by atoms with Crippen LogP contribution < -0.4 is 11.3 Å². The predicted molar refractivity (Wildman–Crippen MR) is 61.2 cm³/mol. The lowest BCUT2D eigenvalue weighted by Gasteiger charge is -2.19. The molecule has 0 unspecified atom stereocenters. The second kappa shape index (κ2) is 4.59. The molecule has 0 aliphatic heterocycles. The van der Waals surface area contributed by atoms with E-state index < -0.39 is 0 Å². The Morgan fingerprint density at radius 1 is 1.53 bits per heavy atom. The van der Waals surface area contributed by atoms with Crippen LogP contribution in [0, 0.1) is 0 Å². The standard InChI is InChI=1S/C11H18N4/c1-2-15(10-4-5-10)8-9-3-6-11(14-12)13-7-9/h3,6-7,10H,2,4-5,8,12H2,1H3,(H,13,14). The third-order valence-corrected chi connectivity index (χ3v) is 2.83. The fourth-order valence-electron chi connectivity index (χ4n) is 1.78. The molecular formula is C11H18N4. The van der Waals surface area contributed by atoms with E-state index in [4.69, 9.17) is 5.84 Å². The minimum atomic E-state index is 0.716. The number of pyridine rings is 1. The first-order valence-corrected chi connectivity index (χ1v) is 5.49. The first-order chi connectivity index (χ1) is 7.33. The zero-order chi connectivity index (χ0) is 10.7. The monoisotopic (exact) mass is 206 g/mol. The minimum absolute atomic E-state index is 0.716. The molecular weight excluding hydrogens is 188 g/mol. The van der Waals surface area contributed by atoms with Crippen molar-refractivity contribution < 1.29 is 0 Å². The van der Waals surface area contributed by atoms with Crippen LogP contribution >= 0.6 is 0 Å². The summed E-state index contributed by atoms with van der Waals surface area (Å²) in [6.07, 6.45) is 4.59. The molecule has 4 nitrogen and oxygen atoms in total. The van der Waals surface area contributed by atoms with Crippen LogP contribution in [0.3, 0.4) is 0 Å². The smallest absolute Gasteiger partial charge is 0.139 e. The van der Waals surface area contributed by atoms with Crippen LogP contribution in [0.4, 0.5) is 5.82 Å². The van der Waals surface area contributed by atoms with E-state index in [1.54, 1.807) is 0 Å². The van der Waals surface area contributed by atoms with Gasteiger partial charge in [-0.05, 0) is 31.0 Å². The van der Waals surface area contributed by atoms with Gasteiger partial charge in [-0.2, -0.15) is 0 Å². The van der Waals surface area contributed by atoms with Gasteiger partial charge in [-0.25, -0.2) is 10.8 Å².